The minimum Gasteiger partial charge on any atom is -0.352 e. The standard InChI is InChI=1S/C7H13NO2/c1-8-6-4-10-7-5(6)2-3-9-7/h5-8H,2-4H2,1H3/t5-,6-,7+/m0/s1. The summed E-state index contributed by atoms with van der Waals surface area (Å²) in [5.74, 6) is 0.602. The molecule has 3 nitrogen and oxygen atoms in total. The van der Waals surface area contributed by atoms with E-state index in [1.54, 1.807) is 0 Å². The van der Waals surface area contributed by atoms with Crippen LogP contribution in [0.2, 0.25) is 0 Å². The predicted octanol–water partition coefficient (Wildman–Crippen LogP) is -0.0328. The molecule has 2 rings (SSSR count). The highest BCUT2D eigenvalue weighted by Crippen LogP contribution is 2.30. The molecule has 0 aromatic carbocycles. The van der Waals surface area contributed by atoms with E-state index in [4.69, 9.17) is 9.47 Å². The van der Waals surface area contributed by atoms with E-state index in [1.807, 2.05) is 7.05 Å². The highest BCUT2D eigenvalue weighted by Gasteiger charge is 2.40. The molecule has 2 saturated heterocycles. The Morgan fingerprint density at radius 1 is 1.40 bits per heavy atom. The van der Waals surface area contributed by atoms with Gasteiger partial charge in [-0.2, -0.15) is 0 Å². The Labute approximate surface area is 60.7 Å². The van der Waals surface area contributed by atoms with Crippen molar-refractivity contribution in [1.82, 2.24) is 5.32 Å². The largest absolute Gasteiger partial charge is 0.352 e. The van der Waals surface area contributed by atoms with Crippen molar-refractivity contribution in [3.05, 3.63) is 0 Å². The van der Waals surface area contributed by atoms with Gasteiger partial charge in [0.2, 0.25) is 0 Å². The molecule has 58 valence electrons. The van der Waals surface area contributed by atoms with Crippen LogP contribution in [0.3, 0.4) is 0 Å². The van der Waals surface area contributed by atoms with Gasteiger partial charge in [-0.25, -0.2) is 0 Å². The van der Waals surface area contributed by atoms with Crippen LogP contribution in [-0.4, -0.2) is 32.6 Å². The fraction of sp³-hybridized carbons (Fsp3) is 1.00. The Balaban J connectivity index is 2.01. The molecule has 0 aromatic rings. The average Bonchev–Trinajstić information content (AvgIpc) is 2.44. The molecule has 10 heavy (non-hydrogen) atoms. The second kappa shape index (κ2) is 2.49. The minimum atomic E-state index is 0.0949. The quantitative estimate of drug-likeness (QED) is 0.559. The van der Waals surface area contributed by atoms with Crippen LogP contribution in [0.25, 0.3) is 0 Å². The molecule has 1 N–H and O–H groups in total. The highest BCUT2D eigenvalue weighted by molar-refractivity contribution is 4.86. The normalized spacial score (nSPS) is 45.9. The van der Waals surface area contributed by atoms with Crippen molar-refractivity contribution >= 4 is 0 Å². The van der Waals surface area contributed by atoms with E-state index in [0.717, 1.165) is 19.6 Å². The lowest BCUT2D eigenvalue weighted by Gasteiger charge is -2.12. The summed E-state index contributed by atoms with van der Waals surface area (Å²) in [6.07, 6.45) is 1.24. The maximum absolute atomic E-state index is 5.40. The molecule has 0 radical (unpaired) electrons. The van der Waals surface area contributed by atoms with Gasteiger partial charge in [-0.15, -0.1) is 0 Å². The zero-order valence-electron chi connectivity index (χ0n) is 6.17. The Morgan fingerprint density at radius 2 is 2.30 bits per heavy atom. The summed E-state index contributed by atoms with van der Waals surface area (Å²) < 4.78 is 10.7. The van der Waals surface area contributed by atoms with E-state index in [1.165, 1.54) is 0 Å². The van der Waals surface area contributed by atoms with Crippen LogP contribution in [-0.2, 0) is 9.47 Å². The summed E-state index contributed by atoms with van der Waals surface area (Å²) in [6, 6.07) is 0.521. The molecule has 3 atom stereocenters. The van der Waals surface area contributed by atoms with Gasteiger partial charge < -0.3 is 14.8 Å². The molecule has 0 spiro atoms. The Morgan fingerprint density at radius 3 is 3.10 bits per heavy atom. The third-order valence-corrected chi connectivity index (χ3v) is 2.41. The van der Waals surface area contributed by atoms with E-state index in [2.05, 4.69) is 5.32 Å². The first kappa shape index (κ1) is 6.58. The summed E-state index contributed by atoms with van der Waals surface area (Å²) in [4.78, 5) is 0. The molecule has 0 aliphatic carbocycles. The van der Waals surface area contributed by atoms with E-state index in [9.17, 15) is 0 Å². The third kappa shape index (κ3) is 0.856. The van der Waals surface area contributed by atoms with E-state index in [0.29, 0.717) is 12.0 Å². The number of hydrogen-bond donors (Lipinski definition) is 1. The molecule has 2 aliphatic rings. The van der Waals surface area contributed by atoms with Gasteiger partial charge in [-0.05, 0) is 13.5 Å². The molecule has 2 heterocycles. The van der Waals surface area contributed by atoms with Gasteiger partial charge in [-0.1, -0.05) is 0 Å². The summed E-state index contributed by atoms with van der Waals surface area (Å²) in [5.41, 5.74) is 0. The van der Waals surface area contributed by atoms with Gasteiger partial charge in [0.1, 0.15) is 0 Å². The molecule has 2 fully saturated rings. The number of nitrogens with one attached hydrogen (secondary N) is 1. The topological polar surface area (TPSA) is 30.5 Å². The van der Waals surface area contributed by atoms with Crippen molar-refractivity contribution in [3.8, 4) is 0 Å². The van der Waals surface area contributed by atoms with Gasteiger partial charge in [0.15, 0.2) is 6.29 Å². The van der Waals surface area contributed by atoms with Gasteiger partial charge in [0.05, 0.1) is 13.2 Å². The zero-order valence-corrected chi connectivity index (χ0v) is 6.17. The SMILES string of the molecule is CN[C@H]1CO[C@H]2OCC[C@H]21. The number of hydrogen-bond acceptors (Lipinski definition) is 3. The number of likely N-dealkylation sites (N-methyl/N-ethyl adjacent to an activating group) is 1. The third-order valence-electron chi connectivity index (χ3n) is 2.41. The summed E-state index contributed by atoms with van der Waals surface area (Å²) in [5, 5.41) is 3.23. The molecule has 0 amide bonds. The Hall–Kier alpha value is -0.120. The number of ether oxygens (including phenoxy) is 2. The average molecular weight is 143 g/mol. The molecule has 0 bridgehead atoms. The van der Waals surface area contributed by atoms with Gasteiger partial charge in [0, 0.05) is 12.0 Å². The van der Waals surface area contributed by atoms with Gasteiger partial charge in [0.25, 0.3) is 0 Å². The van der Waals surface area contributed by atoms with E-state index >= 15 is 0 Å². The lowest BCUT2D eigenvalue weighted by atomic mass is 10.0. The minimum absolute atomic E-state index is 0.0949. The molecule has 0 saturated carbocycles. The van der Waals surface area contributed by atoms with Crippen molar-refractivity contribution < 1.29 is 9.47 Å². The fourth-order valence-corrected chi connectivity index (χ4v) is 1.76. The predicted molar refractivity (Wildman–Crippen MR) is 36.6 cm³/mol. The summed E-state index contributed by atoms with van der Waals surface area (Å²) in [7, 11) is 1.98. The lowest BCUT2D eigenvalue weighted by Crippen LogP contribution is -2.32. The van der Waals surface area contributed by atoms with E-state index in [-0.39, 0.29) is 6.29 Å². The first-order valence-electron chi connectivity index (χ1n) is 3.82. The van der Waals surface area contributed by atoms with Gasteiger partial charge in [-0.3, -0.25) is 0 Å². The monoisotopic (exact) mass is 143 g/mol. The van der Waals surface area contributed by atoms with Gasteiger partial charge >= 0.3 is 0 Å². The fourth-order valence-electron chi connectivity index (χ4n) is 1.76. The number of fused-ring (bicyclic) bond motifs is 1. The molecule has 2 aliphatic heterocycles. The van der Waals surface area contributed by atoms with Crippen LogP contribution in [0.4, 0.5) is 0 Å². The van der Waals surface area contributed by atoms with Crippen molar-refractivity contribution in [2.24, 2.45) is 5.92 Å². The Bertz CT molecular complexity index is 129. The maximum atomic E-state index is 5.40. The van der Waals surface area contributed by atoms with Crippen LogP contribution in [0.1, 0.15) is 6.42 Å². The van der Waals surface area contributed by atoms with E-state index < -0.39 is 0 Å². The highest BCUT2D eigenvalue weighted by atomic mass is 16.7. The first-order chi connectivity index (χ1) is 4.92. The summed E-state index contributed by atoms with van der Waals surface area (Å²) in [6.45, 7) is 1.68. The lowest BCUT2D eigenvalue weighted by molar-refractivity contribution is -0.0905. The van der Waals surface area contributed by atoms with Crippen molar-refractivity contribution in [1.29, 1.82) is 0 Å². The van der Waals surface area contributed by atoms with Crippen molar-refractivity contribution in [2.75, 3.05) is 20.3 Å². The number of rotatable bonds is 1. The Kier molecular flexibility index (Phi) is 1.64. The molecule has 0 unspecified atom stereocenters. The first-order valence-corrected chi connectivity index (χ1v) is 3.82. The smallest absolute Gasteiger partial charge is 0.162 e. The second-order valence-corrected chi connectivity index (χ2v) is 2.92. The van der Waals surface area contributed by atoms with Crippen molar-refractivity contribution in [3.63, 3.8) is 0 Å². The van der Waals surface area contributed by atoms with Crippen LogP contribution in [0, 0.1) is 5.92 Å². The van der Waals surface area contributed by atoms with Crippen LogP contribution < -0.4 is 5.32 Å². The van der Waals surface area contributed by atoms with Crippen molar-refractivity contribution in [2.45, 2.75) is 18.8 Å². The van der Waals surface area contributed by atoms with Crippen LogP contribution in [0.15, 0.2) is 0 Å². The maximum Gasteiger partial charge on any atom is 0.162 e. The zero-order chi connectivity index (χ0) is 6.97. The molecular formula is C7H13NO2. The molecular weight excluding hydrogens is 130 g/mol. The molecule has 3 heteroatoms. The van der Waals surface area contributed by atoms with Crippen LogP contribution >= 0.6 is 0 Å². The summed E-state index contributed by atoms with van der Waals surface area (Å²) >= 11 is 0. The molecule has 0 aromatic heterocycles. The van der Waals surface area contributed by atoms with Crippen LogP contribution in [0.5, 0.6) is 0 Å². The second-order valence-electron chi connectivity index (χ2n) is 2.92.